The average Bonchev–Trinajstić information content (AvgIpc) is 3.27. The van der Waals surface area contributed by atoms with Crippen LogP contribution in [0.3, 0.4) is 0 Å². The third-order valence-electron chi connectivity index (χ3n) is 12.4. The Morgan fingerprint density at radius 3 is 2.42 bits per heavy atom. The third kappa shape index (κ3) is 5.40. The molecule has 0 spiro atoms. The molecule has 1 aromatic rings. The maximum absolute atomic E-state index is 11.9. The van der Waals surface area contributed by atoms with Crippen LogP contribution in [0.15, 0.2) is 42.0 Å². The van der Waals surface area contributed by atoms with E-state index in [0.717, 1.165) is 49.5 Å². The topological polar surface area (TPSA) is 29.5 Å². The SMILES string of the molecule is CCN(c1ccccc1)[C@@H]1C=C2C[C@@H](OC(C)=O)CC[C@]2(C)[C@@H]2CC[C@@]3(C)[C@H](CC[C@H]3[C@H](C)CCCC(C)C)[C@@H]12. The molecule has 1 aromatic carbocycles. The van der Waals surface area contributed by atoms with Crippen LogP contribution in [0.25, 0.3) is 0 Å². The first-order chi connectivity index (χ1) is 19.1. The summed E-state index contributed by atoms with van der Waals surface area (Å²) < 4.78 is 5.81. The number of fused-ring (bicyclic) bond motifs is 5. The van der Waals surface area contributed by atoms with Crippen molar-refractivity contribution in [3.63, 3.8) is 0 Å². The summed E-state index contributed by atoms with van der Waals surface area (Å²) in [5, 5.41) is 0. The number of ether oxygens (including phenoxy) is 1. The van der Waals surface area contributed by atoms with Gasteiger partial charge in [-0.3, -0.25) is 4.79 Å². The average molecular weight is 548 g/mol. The Balaban J connectivity index is 1.50. The number of esters is 1. The maximum Gasteiger partial charge on any atom is 0.302 e. The van der Waals surface area contributed by atoms with E-state index in [1.54, 1.807) is 12.5 Å². The number of hydrogen-bond acceptors (Lipinski definition) is 3. The minimum absolute atomic E-state index is 0.0391. The van der Waals surface area contributed by atoms with Crippen molar-refractivity contribution in [1.82, 2.24) is 0 Å². The van der Waals surface area contributed by atoms with Crippen molar-refractivity contribution in [2.24, 2.45) is 46.3 Å². The molecule has 4 aliphatic carbocycles. The molecule has 3 saturated carbocycles. The highest BCUT2D eigenvalue weighted by atomic mass is 16.5. The van der Waals surface area contributed by atoms with Gasteiger partial charge >= 0.3 is 5.97 Å². The lowest BCUT2D eigenvalue weighted by Gasteiger charge is -2.61. The minimum Gasteiger partial charge on any atom is -0.462 e. The predicted molar refractivity (Wildman–Crippen MR) is 167 cm³/mol. The van der Waals surface area contributed by atoms with Gasteiger partial charge in [-0.05, 0) is 104 Å². The number of hydrogen-bond donors (Lipinski definition) is 0. The van der Waals surface area contributed by atoms with Gasteiger partial charge in [0.25, 0.3) is 0 Å². The van der Waals surface area contributed by atoms with Crippen molar-refractivity contribution in [1.29, 1.82) is 0 Å². The molecule has 0 unspecified atom stereocenters. The second-order valence-corrected chi connectivity index (χ2v) is 15.0. The molecule has 3 fully saturated rings. The molecule has 9 atom stereocenters. The highest BCUT2D eigenvalue weighted by molar-refractivity contribution is 5.66. The summed E-state index contributed by atoms with van der Waals surface area (Å²) in [5.41, 5.74) is 3.61. The first-order valence-corrected chi connectivity index (χ1v) is 16.8. The van der Waals surface area contributed by atoms with Crippen LogP contribution in [0.4, 0.5) is 5.69 Å². The van der Waals surface area contributed by atoms with Crippen LogP contribution < -0.4 is 4.90 Å². The Hall–Kier alpha value is -1.77. The van der Waals surface area contributed by atoms with E-state index >= 15 is 0 Å². The molecule has 0 heterocycles. The van der Waals surface area contributed by atoms with Crippen molar-refractivity contribution >= 4 is 11.7 Å². The molecule has 4 aliphatic rings. The predicted octanol–water partition coefficient (Wildman–Crippen LogP) is 9.46. The van der Waals surface area contributed by atoms with Gasteiger partial charge in [-0.1, -0.05) is 83.7 Å². The first-order valence-electron chi connectivity index (χ1n) is 16.8. The summed E-state index contributed by atoms with van der Waals surface area (Å²) in [6.07, 6.45) is 15.5. The molecule has 5 rings (SSSR count). The highest BCUT2D eigenvalue weighted by Gasteiger charge is 2.62. The molecular weight excluding hydrogens is 490 g/mol. The quantitative estimate of drug-likeness (QED) is 0.228. The fourth-order valence-corrected chi connectivity index (χ4v) is 10.5. The van der Waals surface area contributed by atoms with Gasteiger partial charge in [-0.2, -0.15) is 0 Å². The molecule has 0 radical (unpaired) electrons. The zero-order chi connectivity index (χ0) is 28.7. The van der Waals surface area contributed by atoms with Gasteiger partial charge in [0.2, 0.25) is 0 Å². The Morgan fingerprint density at radius 2 is 1.75 bits per heavy atom. The number of benzene rings is 1. The van der Waals surface area contributed by atoms with Crippen LogP contribution in [0.2, 0.25) is 0 Å². The molecule has 3 heteroatoms. The summed E-state index contributed by atoms with van der Waals surface area (Å²) >= 11 is 0. The Morgan fingerprint density at radius 1 is 1.00 bits per heavy atom. The van der Waals surface area contributed by atoms with Crippen LogP contribution in [0.1, 0.15) is 113 Å². The number of rotatable bonds is 9. The van der Waals surface area contributed by atoms with Crippen LogP contribution >= 0.6 is 0 Å². The van der Waals surface area contributed by atoms with Crippen LogP contribution in [-0.4, -0.2) is 24.7 Å². The number of para-hydroxylation sites is 1. The van der Waals surface area contributed by atoms with Crippen molar-refractivity contribution < 1.29 is 9.53 Å². The summed E-state index contributed by atoms with van der Waals surface area (Å²) in [5.74, 6) is 4.54. The van der Waals surface area contributed by atoms with Gasteiger partial charge in [-0.15, -0.1) is 0 Å². The van der Waals surface area contributed by atoms with Gasteiger partial charge in [-0.25, -0.2) is 0 Å². The number of carbonyl (C=O) groups excluding carboxylic acids is 1. The van der Waals surface area contributed by atoms with Crippen molar-refractivity contribution in [3.8, 4) is 0 Å². The highest BCUT2D eigenvalue weighted by Crippen LogP contribution is 2.68. The Labute approximate surface area is 245 Å². The standard InChI is InChI=1S/C37H57NO2/c1-8-38(29-15-10-9-11-16-29)34-24-28-23-30(40-27(5)39)19-21-36(28,6)33-20-22-37(7)31(17-18-32(37)35(33)34)26(4)14-12-13-25(2)3/h9-11,15-16,24-26,30-35H,8,12-14,17-23H2,1-7H3/t26-,30+,31+,32-,33-,34-,35-,36+,37-/m1/s1. The lowest BCUT2D eigenvalue weighted by Crippen LogP contribution is -2.59. The summed E-state index contributed by atoms with van der Waals surface area (Å²) in [6, 6.07) is 11.6. The zero-order valence-electron chi connectivity index (χ0n) is 26.6. The molecule has 40 heavy (non-hydrogen) atoms. The van der Waals surface area contributed by atoms with Crippen LogP contribution in [0, 0.1) is 46.3 Å². The molecule has 0 aliphatic heterocycles. The zero-order valence-corrected chi connectivity index (χ0v) is 26.6. The lowest BCUT2D eigenvalue weighted by atomic mass is 9.45. The van der Waals surface area contributed by atoms with Gasteiger partial charge < -0.3 is 9.64 Å². The van der Waals surface area contributed by atoms with Gasteiger partial charge in [0.05, 0.1) is 6.04 Å². The summed E-state index contributed by atoms with van der Waals surface area (Å²) in [4.78, 5) is 14.6. The van der Waals surface area contributed by atoms with Crippen molar-refractivity contribution in [2.75, 3.05) is 11.4 Å². The molecule has 0 bridgehead atoms. The second kappa shape index (κ2) is 11.8. The maximum atomic E-state index is 11.9. The fraction of sp³-hybridized carbons (Fsp3) is 0.757. The minimum atomic E-state index is -0.133. The second-order valence-electron chi connectivity index (χ2n) is 15.0. The first kappa shape index (κ1) is 29.7. The molecule has 222 valence electrons. The van der Waals surface area contributed by atoms with E-state index in [2.05, 4.69) is 82.9 Å². The van der Waals surface area contributed by atoms with E-state index in [4.69, 9.17) is 4.74 Å². The normalized spacial score (nSPS) is 37.6. The van der Waals surface area contributed by atoms with Crippen molar-refractivity contribution in [3.05, 3.63) is 42.0 Å². The van der Waals surface area contributed by atoms with E-state index < -0.39 is 0 Å². The van der Waals surface area contributed by atoms with E-state index in [9.17, 15) is 4.79 Å². The molecule has 0 N–H and O–H groups in total. The van der Waals surface area contributed by atoms with E-state index in [1.165, 1.54) is 50.6 Å². The number of anilines is 1. The number of likely N-dealkylation sites (N-methyl/N-ethyl adjacent to an activating group) is 1. The Kier molecular flexibility index (Phi) is 8.80. The molecular formula is C37H57NO2. The monoisotopic (exact) mass is 547 g/mol. The smallest absolute Gasteiger partial charge is 0.302 e. The summed E-state index contributed by atoms with van der Waals surface area (Å²) in [6.45, 7) is 17.5. The van der Waals surface area contributed by atoms with Gasteiger partial charge in [0.15, 0.2) is 0 Å². The molecule has 0 amide bonds. The van der Waals surface area contributed by atoms with E-state index in [0.29, 0.717) is 23.3 Å². The van der Waals surface area contributed by atoms with Gasteiger partial charge in [0, 0.05) is 25.6 Å². The van der Waals surface area contributed by atoms with E-state index in [-0.39, 0.29) is 17.5 Å². The van der Waals surface area contributed by atoms with Crippen LogP contribution in [-0.2, 0) is 9.53 Å². The molecule has 0 saturated heterocycles. The lowest BCUT2D eigenvalue weighted by molar-refractivity contribution is -0.148. The third-order valence-corrected chi connectivity index (χ3v) is 12.4. The van der Waals surface area contributed by atoms with Crippen LogP contribution in [0.5, 0.6) is 0 Å². The van der Waals surface area contributed by atoms with Gasteiger partial charge in [0.1, 0.15) is 6.10 Å². The Bertz CT molecular complexity index is 1050. The number of nitrogens with zero attached hydrogens (tertiary/aromatic N) is 1. The largest absolute Gasteiger partial charge is 0.462 e. The number of carbonyl (C=O) groups is 1. The molecule has 0 aromatic heterocycles. The summed E-state index contributed by atoms with van der Waals surface area (Å²) in [7, 11) is 0. The van der Waals surface area contributed by atoms with E-state index in [1.807, 2.05) is 0 Å². The molecule has 3 nitrogen and oxygen atoms in total. The fourth-order valence-electron chi connectivity index (χ4n) is 10.5. The van der Waals surface area contributed by atoms with Crippen molar-refractivity contribution in [2.45, 2.75) is 125 Å².